The number of fused-ring (bicyclic) bond motifs is 1. The lowest BCUT2D eigenvalue weighted by Gasteiger charge is -2.65. The zero-order chi connectivity index (χ0) is 26.7. The molecule has 2 aromatic rings. The van der Waals surface area contributed by atoms with E-state index in [0.29, 0.717) is 25.0 Å². The molecule has 4 aliphatic rings. The molecule has 6 nitrogen and oxygen atoms in total. The van der Waals surface area contributed by atoms with E-state index in [1.165, 1.54) is 29.5 Å². The number of likely N-dealkylation sites (tertiary alicyclic amines) is 1. The molecule has 0 radical (unpaired) electrons. The van der Waals surface area contributed by atoms with Gasteiger partial charge in [-0.3, -0.25) is 9.69 Å². The number of amides is 1. The molecule has 2 saturated carbocycles. The van der Waals surface area contributed by atoms with Gasteiger partial charge in [0.05, 0.1) is 12.7 Å². The molecule has 6 heteroatoms. The number of ether oxygens (including phenoxy) is 1. The molecule has 4 atom stereocenters. The van der Waals surface area contributed by atoms with Crippen molar-refractivity contribution in [1.82, 2.24) is 9.80 Å². The molecule has 0 aromatic heterocycles. The van der Waals surface area contributed by atoms with Crippen LogP contribution in [0.1, 0.15) is 67.2 Å². The van der Waals surface area contributed by atoms with Gasteiger partial charge in [0.2, 0.25) is 5.91 Å². The topological polar surface area (TPSA) is 73.2 Å². The Morgan fingerprint density at radius 1 is 1.18 bits per heavy atom. The van der Waals surface area contributed by atoms with Crippen LogP contribution in [0, 0.1) is 12.8 Å². The number of piperidine rings is 1. The van der Waals surface area contributed by atoms with Crippen LogP contribution in [0.5, 0.6) is 11.5 Å². The Hall–Kier alpha value is -2.57. The first-order valence-electron chi connectivity index (χ1n) is 14.4. The summed E-state index contributed by atoms with van der Waals surface area (Å²) in [6, 6.07) is 12.2. The smallest absolute Gasteiger partial charge is 0.222 e. The second-order valence-electron chi connectivity index (χ2n) is 12.5. The van der Waals surface area contributed by atoms with Crippen molar-refractivity contribution in [1.29, 1.82) is 0 Å². The summed E-state index contributed by atoms with van der Waals surface area (Å²) in [6.45, 7) is 4.07. The summed E-state index contributed by atoms with van der Waals surface area (Å²) in [7, 11) is 3.55. The minimum Gasteiger partial charge on any atom is -0.504 e. The Bertz CT molecular complexity index is 1230. The van der Waals surface area contributed by atoms with E-state index in [-0.39, 0.29) is 23.7 Å². The Morgan fingerprint density at radius 3 is 2.74 bits per heavy atom. The minimum absolute atomic E-state index is 0.0360. The van der Waals surface area contributed by atoms with Crippen molar-refractivity contribution in [2.24, 2.45) is 5.92 Å². The van der Waals surface area contributed by atoms with Crippen LogP contribution in [-0.2, 0) is 23.1 Å². The average molecular weight is 519 g/mol. The van der Waals surface area contributed by atoms with Gasteiger partial charge in [-0.15, -0.1) is 0 Å². The molecule has 2 N–H and O–H groups in total. The van der Waals surface area contributed by atoms with Gasteiger partial charge in [-0.1, -0.05) is 35.9 Å². The molecule has 1 saturated heterocycles. The summed E-state index contributed by atoms with van der Waals surface area (Å²) in [4.78, 5) is 17.9. The van der Waals surface area contributed by atoms with E-state index in [2.05, 4.69) is 36.1 Å². The van der Waals surface area contributed by atoms with E-state index in [4.69, 9.17) is 4.74 Å². The molecule has 3 aliphatic carbocycles. The first kappa shape index (κ1) is 25.7. The highest BCUT2D eigenvalue weighted by Gasteiger charge is 2.66. The van der Waals surface area contributed by atoms with Crippen molar-refractivity contribution in [2.45, 2.75) is 87.8 Å². The number of nitrogens with zero attached hydrogens (tertiary/aromatic N) is 2. The van der Waals surface area contributed by atoms with Gasteiger partial charge in [0.25, 0.3) is 0 Å². The number of carbonyl (C=O) groups is 1. The number of aliphatic hydroxyl groups is 1. The van der Waals surface area contributed by atoms with Gasteiger partial charge < -0.3 is 19.8 Å². The van der Waals surface area contributed by atoms with E-state index in [0.717, 1.165) is 50.3 Å². The maximum Gasteiger partial charge on any atom is 0.222 e. The summed E-state index contributed by atoms with van der Waals surface area (Å²) >= 11 is 0. The largest absolute Gasteiger partial charge is 0.504 e. The van der Waals surface area contributed by atoms with Crippen molar-refractivity contribution >= 4 is 5.91 Å². The van der Waals surface area contributed by atoms with Gasteiger partial charge in [-0.05, 0) is 87.9 Å². The van der Waals surface area contributed by atoms with Crippen LogP contribution in [-0.4, -0.2) is 70.9 Å². The fourth-order valence-electron chi connectivity index (χ4n) is 8.05. The zero-order valence-corrected chi connectivity index (χ0v) is 23.1. The normalized spacial score (nSPS) is 30.3. The molecule has 0 spiro atoms. The standard InChI is InChI=1S/C32H42N2O4/c1-21-5-4-6-22(17-21)9-12-28(36)33(2)25-13-14-32(37)27-18-24-10-11-26(35)30(38-3)29(24)31(32,19-25)15-16-34(27)20-23-7-8-23/h4-6,10-11,17,23,25,27,35,37H,7-9,12-16,18-20H2,1-3H3/t25?,27-,31-,32-/m1/s1. The van der Waals surface area contributed by atoms with Gasteiger partial charge in [0.15, 0.2) is 11.5 Å². The van der Waals surface area contributed by atoms with Crippen LogP contribution in [0.15, 0.2) is 36.4 Å². The zero-order valence-electron chi connectivity index (χ0n) is 23.1. The quantitative estimate of drug-likeness (QED) is 0.570. The Kier molecular flexibility index (Phi) is 6.47. The minimum atomic E-state index is -0.907. The number of hydrogen-bond acceptors (Lipinski definition) is 5. The first-order valence-corrected chi connectivity index (χ1v) is 14.4. The van der Waals surface area contributed by atoms with Crippen molar-refractivity contribution in [3.63, 3.8) is 0 Å². The van der Waals surface area contributed by atoms with Crippen molar-refractivity contribution < 1.29 is 19.7 Å². The lowest BCUT2D eigenvalue weighted by Crippen LogP contribution is -2.74. The molecule has 3 fully saturated rings. The third-order valence-corrected chi connectivity index (χ3v) is 10.2. The van der Waals surface area contributed by atoms with Gasteiger partial charge in [0, 0.05) is 43.1 Å². The molecule has 1 heterocycles. The highest BCUT2D eigenvalue weighted by molar-refractivity contribution is 5.76. The van der Waals surface area contributed by atoms with E-state index < -0.39 is 11.0 Å². The summed E-state index contributed by atoms with van der Waals surface area (Å²) < 4.78 is 5.81. The van der Waals surface area contributed by atoms with E-state index in [1.54, 1.807) is 13.2 Å². The third-order valence-electron chi connectivity index (χ3n) is 10.2. The van der Waals surface area contributed by atoms with Gasteiger partial charge in [0.1, 0.15) is 0 Å². The fourth-order valence-corrected chi connectivity index (χ4v) is 8.05. The number of rotatable bonds is 7. The molecule has 38 heavy (non-hydrogen) atoms. The van der Waals surface area contributed by atoms with Crippen molar-refractivity contribution in [3.8, 4) is 11.5 Å². The predicted molar refractivity (Wildman–Crippen MR) is 148 cm³/mol. The Labute approximate surface area is 226 Å². The van der Waals surface area contributed by atoms with Crippen LogP contribution in [0.25, 0.3) is 0 Å². The summed E-state index contributed by atoms with van der Waals surface area (Å²) in [5.41, 5.74) is 3.10. The number of aromatic hydroxyl groups is 1. The molecule has 2 bridgehead atoms. The molecule has 1 amide bonds. The number of phenols is 1. The van der Waals surface area contributed by atoms with Crippen molar-refractivity contribution in [3.05, 3.63) is 58.7 Å². The molecule has 1 aliphatic heterocycles. The van der Waals surface area contributed by atoms with Crippen LogP contribution in [0.2, 0.25) is 0 Å². The molecule has 1 unspecified atom stereocenters. The monoisotopic (exact) mass is 518 g/mol. The summed E-state index contributed by atoms with van der Waals surface area (Å²) in [5.74, 6) is 1.55. The molecule has 204 valence electrons. The second kappa shape index (κ2) is 9.56. The maximum atomic E-state index is 13.4. The van der Waals surface area contributed by atoms with E-state index >= 15 is 0 Å². The number of hydrogen-bond donors (Lipinski definition) is 2. The second-order valence-corrected chi connectivity index (χ2v) is 12.5. The summed E-state index contributed by atoms with van der Waals surface area (Å²) in [6.07, 6.45) is 7.50. The highest BCUT2D eigenvalue weighted by atomic mass is 16.5. The number of phenolic OH excluding ortho intramolecular Hbond substituents is 1. The molecular formula is C32H42N2O4. The summed E-state index contributed by atoms with van der Waals surface area (Å²) in [5, 5.41) is 23.4. The lowest BCUT2D eigenvalue weighted by molar-refractivity contribution is -0.178. The van der Waals surface area contributed by atoms with E-state index in [9.17, 15) is 15.0 Å². The van der Waals surface area contributed by atoms with Crippen molar-refractivity contribution in [2.75, 3.05) is 27.2 Å². The van der Waals surface area contributed by atoms with Crippen LogP contribution in [0.4, 0.5) is 0 Å². The van der Waals surface area contributed by atoms with Gasteiger partial charge >= 0.3 is 0 Å². The van der Waals surface area contributed by atoms with Crippen LogP contribution < -0.4 is 4.74 Å². The molecule has 6 rings (SSSR count). The Balaban J connectivity index is 1.31. The van der Waals surface area contributed by atoms with Gasteiger partial charge in [-0.25, -0.2) is 0 Å². The number of benzene rings is 2. The highest BCUT2D eigenvalue weighted by Crippen LogP contribution is 2.61. The Morgan fingerprint density at radius 2 is 2.00 bits per heavy atom. The average Bonchev–Trinajstić information content (AvgIpc) is 3.72. The predicted octanol–water partition coefficient (Wildman–Crippen LogP) is 4.36. The SMILES string of the molecule is COc1c(O)ccc2c1[C@]13CCN(CC4CC4)[C@H](C2)[C@]1(O)CCC(N(C)C(=O)CCc1cccc(C)c1)C3. The lowest BCUT2D eigenvalue weighted by atomic mass is 9.48. The maximum absolute atomic E-state index is 13.4. The molecular weight excluding hydrogens is 476 g/mol. The van der Waals surface area contributed by atoms with Crippen LogP contribution >= 0.6 is 0 Å². The number of carbonyl (C=O) groups excluding carboxylic acids is 1. The van der Waals surface area contributed by atoms with E-state index in [1.807, 2.05) is 18.0 Å². The number of aryl methyl sites for hydroxylation is 2. The first-order chi connectivity index (χ1) is 18.3. The van der Waals surface area contributed by atoms with Crippen LogP contribution in [0.3, 0.4) is 0 Å². The van der Waals surface area contributed by atoms with Gasteiger partial charge in [-0.2, -0.15) is 0 Å². The fraction of sp³-hybridized carbons (Fsp3) is 0.594. The third kappa shape index (κ3) is 4.12. The number of methoxy groups -OCH3 is 1. The molecule has 2 aromatic carbocycles.